The lowest BCUT2D eigenvalue weighted by Crippen LogP contribution is -2.40. The monoisotopic (exact) mass is 386 g/mol. The molecule has 1 fully saturated rings. The summed E-state index contributed by atoms with van der Waals surface area (Å²) in [5, 5.41) is 3.40. The van der Waals surface area contributed by atoms with Crippen LogP contribution in [-0.4, -0.2) is 62.7 Å². The zero-order chi connectivity index (χ0) is 19.8. The molecule has 1 amide bonds. The second-order valence-electron chi connectivity index (χ2n) is 7.52. The van der Waals surface area contributed by atoms with E-state index in [1.54, 1.807) is 0 Å². The fourth-order valence-electron chi connectivity index (χ4n) is 4.02. The van der Waals surface area contributed by atoms with Gasteiger partial charge in [-0.3, -0.25) is 9.79 Å². The first kappa shape index (κ1) is 20.6. The van der Waals surface area contributed by atoms with Gasteiger partial charge in [-0.15, -0.1) is 0 Å². The van der Waals surface area contributed by atoms with E-state index in [1.165, 1.54) is 5.56 Å². The number of anilines is 1. The van der Waals surface area contributed by atoms with Crippen molar-refractivity contribution in [3.63, 3.8) is 0 Å². The molecule has 1 aromatic carbocycles. The van der Waals surface area contributed by atoms with Crippen LogP contribution in [0, 0.1) is 5.92 Å². The van der Waals surface area contributed by atoms with Crippen molar-refractivity contribution in [3.8, 4) is 0 Å². The molecule has 1 atom stereocenters. The molecule has 2 heterocycles. The van der Waals surface area contributed by atoms with Crippen LogP contribution in [0.15, 0.2) is 29.3 Å². The molecule has 2 aliphatic heterocycles. The first-order valence-corrected chi connectivity index (χ1v) is 10.7. The number of rotatable bonds is 8. The zero-order valence-corrected chi connectivity index (χ0v) is 17.3. The molecule has 1 saturated heterocycles. The average Bonchev–Trinajstić information content (AvgIpc) is 3.35. The van der Waals surface area contributed by atoms with Crippen LogP contribution in [0.2, 0.25) is 0 Å². The Morgan fingerprint density at radius 2 is 2.14 bits per heavy atom. The van der Waals surface area contributed by atoms with E-state index in [4.69, 9.17) is 9.73 Å². The molecule has 3 rings (SSSR count). The van der Waals surface area contributed by atoms with Crippen LogP contribution >= 0.6 is 0 Å². The highest BCUT2D eigenvalue weighted by molar-refractivity contribution is 5.95. The molecule has 1 N–H and O–H groups in total. The van der Waals surface area contributed by atoms with Gasteiger partial charge in [0.05, 0.1) is 6.61 Å². The summed E-state index contributed by atoms with van der Waals surface area (Å²) >= 11 is 0. The number of nitrogens with zero attached hydrogens (tertiary/aromatic N) is 3. The van der Waals surface area contributed by atoms with Crippen molar-refractivity contribution in [1.82, 2.24) is 10.2 Å². The summed E-state index contributed by atoms with van der Waals surface area (Å²) in [5.74, 6) is 1.77. The number of para-hydroxylation sites is 1. The van der Waals surface area contributed by atoms with E-state index in [0.29, 0.717) is 18.9 Å². The van der Waals surface area contributed by atoms with E-state index in [0.717, 1.165) is 70.3 Å². The van der Waals surface area contributed by atoms with E-state index in [1.807, 2.05) is 30.0 Å². The minimum Gasteiger partial charge on any atom is -0.381 e. The minimum atomic E-state index is 0.211. The Hall–Kier alpha value is -2.08. The second-order valence-corrected chi connectivity index (χ2v) is 7.52. The summed E-state index contributed by atoms with van der Waals surface area (Å²) < 4.78 is 5.58. The fraction of sp³-hybridized carbons (Fsp3) is 0.636. The summed E-state index contributed by atoms with van der Waals surface area (Å²) in [6.45, 7) is 10.1. The number of amides is 1. The van der Waals surface area contributed by atoms with Crippen molar-refractivity contribution in [2.24, 2.45) is 10.9 Å². The Morgan fingerprint density at radius 3 is 2.96 bits per heavy atom. The van der Waals surface area contributed by atoms with E-state index in [2.05, 4.69) is 23.2 Å². The number of benzene rings is 1. The Labute approximate surface area is 168 Å². The number of nitrogens with one attached hydrogen (secondary N) is 1. The van der Waals surface area contributed by atoms with Crippen LogP contribution in [-0.2, 0) is 16.0 Å². The topological polar surface area (TPSA) is 57.2 Å². The fourth-order valence-corrected chi connectivity index (χ4v) is 4.02. The molecular formula is C22H34N4O2. The quantitative estimate of drug-likeness (QED) is 0.424. The van der Waals surface area contributed by atoms with Crippen molar-refractivity contribution in [2.45, 2.75) is 39.5 Å². The van der Waals surface area contributed by atoms with Crippen molar-refractivity contribution in [2.75, 3.05) is 50.8 Å². The molecule has 1 unspecified atom stereocenters. The molecule has 0 bridgehead atoms. The van der Waals surface area contributed by atoms with Gasteiger partial charge in [0.25, 0.3) is 0 Å². The van der Waals surface area contributed by atoms with Gasteiger partial charge in [-0.25, -0.2) is 0 Å². The lowest BCUT2D eigenvalue weighted by molar-refractivity contribution is -0.118. The van der Waals surface area contributed by atoms with E-state index >= 15 is 0 Å². The second kappa shape index (κ2) is 10.5. The molecule has 1 aromatic rings. The van der Waals surface area contributed by atoms with Gasteiger partial charge in [0.2, 0.25) is 5.91 Å². The number of aliphatic imine (C=N–C) groups is 1. The van der Waals surface area contributed by atoms with Crippen LogP contribution in [0.4, 0.5) is 5.69 Å². The molecule has 154 valence electrons. The first-order valence-electron chi connectivity index (χ1n) is 10.7. The molecule has 0 aromatic heterocycles. The van der Waals surface area contributed by atoms with Gasteiger partial charge < -0.3 is 19.9 Å². The smallest absolute Gasteiger partial charge is 0.227 e. The van der Waals surface area contributed by atoms with Crippen LogP contribution in [0.1, 0.15) is 38.7 Å². The number of likely N-dealkylation sites (tertiary alicyclic amines) is 1. The zero-order valence-electron chi connectivity index (χ0n) is 17.3. The molecular weight excluding hydrogens is 352 g/mol. The number of carbonyl (C=O) groups excluding carboxylic acids is 1. The number of carbonyl (C=O) groups is 1. The Kier molecular flexibility index (Phi) is 7.71. The van der Waals surface area contributed by atoms with Gasteiger partial charge in [0.1, 0.15) is 0 Å². The Morgan fingerprint density at radius 1 is 1.29 bits per heavy atom. The molecule has 0 radical (unpaired) electrons. The van der Waals surface area contributed by atoms with Gasteiger partial charge in [0.15, 0.2) is 5.96 Å². The summed E-state index contributed by atoms with van der Waals surface area (Å²) in [4.78, 5) is 21.6. The van der Waals surface area contributed by atoms with Gasteiger partial charge in [-0.2, -0.15) is 0 Å². The maximum atomic E-state index is 12.6. The summed E-state index contributed by atoms with van der Waals surface area (Å²) in [7, 11) is 0. The number of ether oxygens (including phenoxy) is 1. The molecule has 0 spiro atoms. The Bertz CT molecular complexity index is 676. The summed E-state index contributed by atoms with van der Waals surface area (Å²) in [5.41, 5.74) is 2.36. The van der Waals surface area contributed by atoms with Crippen molar-refractivity contribution >= 4 is 17.6 Å². The summed E-state index contributed by atoms with van der Waals surface area (Å²) in [6.07, 6.45) is 3.44. The van der Waals surface area contributed by atoms with E-state index < -0.39 is 0 Å². The molecule has 0 aliphatic carbocycles. The Balaban J connectivity index is 1.46. The van der Waals surface area contributed by atoms with Crippen LogP contribution in [0.3, 0.4) is 0 Å². The molecule has 2 aliphatic rings. The maximum absolute atomic E-state index is 12.6. The highest BCUT2D eigenvalue weighted by atomic mass is 16.5. The normalized spacial score (nSPS) is 19.2. The summed E-state index contributed by atoms with van der Waals surface area (Å²) in [6, 6.07) is 8.21. The van der Waals surface area contributed by atoms with Crippen LogP contribution in [0.25, 0.3) is 0 Å². The molecule has 6 heteroatoms. The van der Waals surface area contributed by atoms with Crippen molar-refractivity contribution < 1.29 is 9.53 Å². The molecule has 0 saturated carbocycles. The average molecular weight is 387 g/mol. The predicted octanol–water partition coefficient (Wildman–Crippen LogP) is 2.68. The maximum Gasteiger partial charge on any atom is 0.227 e. The van der Waals surface area contributed by atoms with Gasteiger partial charge in [-0.1, -0.05) is 18.2 Å². The largest absolute Gasteiger partial charge is 0.381 e. The van der Waals surface area contributed by atoms with Crippen molar-refractivity contribution in [3.05, 3.63) is 29.8 Å². The standard InChI is InChI=1S/C22H34N4O2/c1-3-23-22(25-14-11-18(16-25)17-28-4-2)24-13-7-10-21(27)26-15-12-19-8-5-6-9-20(19)26/h5-6,8-9,18H,3-4,7,10-17H2,1-2H3,(H,23,24). The van der Waals surface area contributed by atoms with Crippen LogP contribution < -0.4 is 10.2 Å². The SMILES string of the molecule is CCNC(=NCCCC(=O)N1CCc2ccccc21)N1CCC(COCC)C1. The van der Waals surface area contributed by atoms with Gasteiger partial charge >= 0.3 is 0 Å². The van der Waals surface area contributed by atoms with E-state index in [-0.39, 0.29) is 5.91 Å². The molecule has 6 nitrogen and oxygen atoms in total. The third-order valence-electron chi connectivity index (χ3n) is 5.48. The van der Waals surface area contributed by atoms with Gasteiger partial charge in [-0.05, 0) is 44.7 Å². The third-order valence-corrected chi connectivity index (χ3v) is 5.48. The van der Waals surface area contributed by atoms with Crippen LogP contribution in [0.5, 0.6) is 0 Å². The lowest BCUT2D eigenvalue weighted by atomic mass is 10.1. The minimum absolute atomic E-state index is 0.211. The lowest BCUT2D eigenvalue weighted by Gasteiger charge is -2.22. The highest BCUT2D eigenvalue weighted by Crippen LogP contribution is 2.28. The number of hydrogen-bond donors (Lipinski definition) is 1. The highest BCUT2D eigenvalue weighted by Gasteiger charge is 2.25. The predicted molar refractivity (Wildman–Crippen MR) is 114 cm³/mol. The molecule has 28 heavy (non-hydrogen) atoms. The van der Waals surface area contributed by atoms with Crippen molar-refractivity contribution in [1.29, 1.82) is 0 Å². The van der Waals surface area contributed by atoms with E-state index in [9.17, 15) is 4.79 Å². The van der Waals surface area contributed by atoms with Gasteiger partial charge in [0, 0.05) is 57.4 Å². The third kappa shape index (κ3) is 5.25. The number of fused-ring (bicyclic) bond motifs is 1. The first-order chi connectivity index (χ1) is 13.7. The number of hydrogen-bond acceptors (Lipinski definition) is 3. The number of guanidine groups is 1.